The van der Waals surface area contributed by atoms with Gasteiger partial charge in [0.15, 0.2) is 0 Å². The number of aryl methyl sites for hydroxylation is 1. The Hall–Kier alpha value is -1.02. The van der Waals surface area contributed by atoms with Gasteiger partial charge in [0, 0.05) is 30.9 Å². The van der Waals surface area contributed by atoms with Gasteiger partial charge in [0.05, 0.1) is 0 Å². The zero-order valence-corrected chi connectivity index (χ0v) is 15.2. The monoisotopic (exact) mass is 314 g/mol. The van der Waals surface area contributed by atoms with Crippen LogP contribution in [0.15, 0.2) is 24.3 Å². The molecule has 2 fully saturated rings. The molecule has 1 saturated carbocycles. The molecule has 1 N–H and O–H groups in total. The second-order valence-corrected chi connectivity index (χ2v) is 8.08. The van der Waals surface area contributed by atoms with E-state index in [1.54, 1.807) is 0 Å². The van der Waals surface area contributed by atoms with Crippen molar-refractivity contribution < 1.29 is 0 Å². The molecule has 1 heterocycles. The van der Waals surface area contributed by atoms with Gasteiger partial charge in [0.2, 0.25) is 0 Å². The molecule has 0 atom stereocenters. The number of nitrogens with zero attached hydrogens (tertiary/aromatic N) is 1. The number of hydrogen-bond acceptors (Lipinski definition) is 2. The minimum absolute atomic E-state index is 0.652. The molecule has 1 aromatic rings. The summed E-state index contributed by atoms with van der Waals surface area (Å²) in [7, 11) is 0. The van der Waals surface area contributed by atoms with Crippen molar-refractivity contribution in [1.29, 1.82) is 0 Å². The lowest BCUT2D eigenvalue weighted by atomic mass is 9.79. The molecule has 0 spiro atoms. The van der Waals surface area contributed by atoms with Gasteiger partial charge in [0.1, 0.15) is 0 Å². The van der Waals surface area contributed by atoms with Crippen molar-refractivity contribution in [1.82, 2.24) is 4.90 Å². The summed E-state index contributed by atoms with van der Waals surface area (Å²) in [5.74, 6) is 1.85. The Morgan fingerprint density at radius 2 is 1.61 bits per heavy atom. The van der Waals surface area contributed by atoms with Crippen molar-refractivity contribution in [2.75, 3.05) is 18.4 Å². The van der Waals surface area contributed by atoms with E-state index in [1.807, 2.05) is 0 Å². The maximum atomic E-state index is 3.77. The van der Waals surface area contributed by atoms with Gasteiger partial charge in [0.25, 0.3) is 0 Å². The topological polar surface area (TPSA) is 15.3 Å². The highest BCUT2D eigenvalue weighted by Crippen LogP contribution is 2.33. The van der Waals surface area contributed by atoms with E-state index in [-0.39, 0.29) is 0 Å². The van der Waals surface area contributed by atoms with Crippen LogP contribution >= 0.6 is 0 Å². The Morgan fingerprint density at radius 3 is 2.22 bits per heavy atom. The average molecular weight is 315 g/mol. The first kappa shape index (κ1) is 16.8. The molecule has 0 bridgehead atoms. The summed E-state index contributed by atoms with van der Waals surface area (Å²) < 4.78 is 0. The molecule has 23 heavy (non-hydrogen) atoms. The Balaban J connectivity index is 1.45. The second-order valence-electron chi connectivity index (χ2n) is 8.08. The predicted molar refractivity (Wildman–Crippen MR) is 100.0 cm³/mol. The molecule has 1 aliphatic heterocycles. The van der Waals surface area contributed by atoms with Crippen LogP contribution in [0.4, 0.5) is 5.69 Å². The minimum Gasteiger partial charge on any atom is -0.382 e. The van der Waals surface area contributed by atoms with Crippen molar-refractivity contribution in [2.45, 2.75) is 71.4 Å². The average Bonchev–Trinajstić information content (AvgIpc) is 2.58. The zero-order chi connectivity index (χ0) is 16.2. The molecule has 0 aromatic heterocycles. The van der Waals surface area contributed by atoms with Crippen molar-refractivity contribution >= 4 is 5.69 Å². The summed E-state index contributed by atoms with van der Waals surface area (Å²) in [6, 6.07) is 10.2. The van der Waals surface area contributed by atoms with Crippen molar-refractivity contribution in [3.05, 3.63) is 29.8 Å². The van der Waals surface area contributed by atoms with Crippen LogP contribution in [0.3, 0.4) is 0 Å². The summed E-state index contributed by atoms with van der Waals surface area (Å²) in [6.45, 7) is 9.55. The summed E-state index contributed by atoms with van der Waals surface area (Å²) in [5.41, 5.74) is 2.69. The first-order valence-electron chi connectivity index (χ1n) is 9.69. The van der Waals surface area contributed by atoms with E-state index in [2.05, 4.69) is 55.3 Å². The van der Waals surface area contributed by atoms with Gasteiger partial charge in [-0.25, -0.2) is 0 Å². The number of para-hydroxylation sites is 1. The Bertz CT molecular complexity index is 480. The van der Waals surface area contributed by atoms with Crippen molar-refractivity contribution in [3.8, 4) is 0 Å². The highest BCUT2D eigenvalue weighted by Gasteiger charge is 2.29. The largest absolute Gasteiger partial charge is 0.382 e. The van der Waals surface area contributed by atoms with Gasteiger partial charge in [-0.1, -0.05) is 32.0 Å². The van der Waals surface area contributed by atoms with Gasteiger partial charge >= 0.3 is 0 Å². The van der Waals surface area contributed by atoms with E-state index < -0.39 is 0 Å². The molecular formula is C21H34N2. The van der Waals surface area contributed by atoms with Gasteiger partial charge < -0.3 is 10.2 Å². The van der Waals surface area contributed by atoms with Gasteiger partial charge in [-0.3, -0.25) is 0 Å². The van der Waals surface area contributed by atoms with Crippen molar-refractivity contribution in [3.63, 3.8) is 0 Å². The number of hydrogen-bond donors (Lipinski definition) is 1. The number of piperidine rings is 1. The van der Waals surface area contributed by atoms with E-state index >= 15 is 0 Å². The maximum Gasteiger partial charge on any atom is 0.0372 e. The number of benzene rings is 1. The Kier molecular flexibility index (Phi) is 5.63. The molecule has 0 unspecified atom stereocenters. The normalized spacial score (nSPS) is 27.3. The Morgan fingerprint density at radius 1 is 0.957 bits per heavy atom. The van der Waals surface area contributed by atoms with E-state index in [0.717, 1.165) is 17.9 Å². The molecule has 1 aliphatic carbocycles. The van der Waals surface area contributed by atoms with E-state index in [4.69, 9.17) is 0 Å². The fourth-order valence-electron chi connectivity index (χ4n) is 4.50. The third kappa shape index (κ3) is 4.29. The van der Waals surface area contributed by atoms with Gasteiger partial charge in [-0.05, 0) is 68.9 Å². The summed E-state index contributed by atoms with van der Waals surface area (Å²) in [4.78, 5) is 2.78. The third-order valence-corrected chi connectivity index (χ3v) is 6.23. The molecule has 0 amide bonds. The van der Waals surface area contributed by atoms with E-state index in [0.29, 0.717) is 6.04 Å². The lowest BCUT2D eigenvalue weighted by molar-refractivity contribution is 0.101. The fourth-order valence-corrected chi connectivity index (χ4v) is 4.50. The van der Waals surface area contributed by atoms with E-state index in [1.165, 1.54) is 62.9 Å². The molecule has 1 aromatic carbocycles. The standard InChI is InChI=1S/C21H34N2/c1-16(2)18-8-10-20(11-9-18)23-14-12-19(13-15-23)22-21-7-5-4-6-17(21)3/h4-7,16,18-20,22H,8-15H2,1-3H3. The smallest absolute Gasteiger partial charge is 0.0372 e. The molecule has 1 saturated heterocycles. The first-order valence-corrected chi connectivity index (χ1v) is 9.69. The van der Waals surface area contributed by atoms with Crippen LogP contribution in [0, 0.1) is 18.8 Å². The third-order valence-electron chi connectivity index (χ3n) is 6.23. The number of rotatable bonds is 4. The highest BCUT2D eigenvalue weighted by molar-refractivity contribution is 5.50. The summed E-state index contributed by atoms with van der Waals surface area (Å²) >= 11 is 0. The van der Waals surface area contributed by atoms with Gasteiger partial charge in [-0.2, -0.15) is 0 Å². The molecule has 128 valence electrons. The van der Waals surface area contributed by atoms with Crippen LogP contribution in [0.2, 0.25) is 0 Å². The summed E-state index contributed by atoms with van der Waals surface area (Å²) in [5, 5.41) is 3.77. The van der Waals surface area contributed by atoms with Crippen LogP contribution in [0.25, 0.3) is 0 Å². The first-order chi connectivity index (χ1) is 11.1. The lowest BCUT2D eigenvalue weighted by Crippen LogP contribution is -2.46. The van der Waals surface area contributed by atoms with Crippen LogP contribution in [0.5, 0.6) is 0 Å². The van der Waals surface area contributed by atoms with Crippen LogP contribution in [0.1, 0.15) is 57.9 Å². The quantitative estimate of drug-likeness (QED) is 0.833. The molecule has 2 nitrogen and oxygen atoms in total. The van der Waals surface area contributed by atoms with E-state index in [9.17, 15) is 0 Å². The molecule has 2 aliphatic rings. The van der Waals surface area contributed by atoms with Crippen LogP contribution < -0.4 is 5.32 Å². The SMILES string of the molecule is Cc1ccccc1NC1CCN(C2CCC(C(C)C)CC2)CC1. The second kappa shape index (κ2) is 7.70. The molecule has 0 radical (unpaired) electrons. The lowest BCUT2D eigenvalue weighted by Gasteiger charge is -2.41. The summed E-state index contributed by atoms with van der Waals surface area (Å²) in [6.07, 6.45) is 8.34. The molecule has 2 heteroatoms. The highest BCUT2D eigenvalue weighted by atomic mass is 15.2. The fraction of sp³-hybridized carbons (Fsp3) is 0.714. The minimum atomic E-state index is 0.652. The van der Waals surface area contributed by atoms with Crippen LogP contribution in [-0.2, 0) is 0 Å². The zero-order valence-electron chi connectivity index (χ0n) is 15.2. The number of nitrogens with one attached hydrogen (secondary N) is 1. The number of likely N-dealkylation sites (tertiary alicyclic amines) is 1. The Labute approximate surface area is 142 Å². The molecule has 3 rings (SSSR count). The predicted octanol–water partition coefficient (Wildman–Crippen LogP) is 5.09. The maximum absolute atomic E-state index is 3.77. The molecular weight excluding hydrogens is 280 g/mol. The van der Waals surface area contributed by atoms with Crippen LogP contribution in [-0.4, -0.2) is 30.1 Å². The van der Waals surface area contributed by atoms with Crippen molar-refractivity contribution in [2.24, 2.45) is 11.8 Å². The number of anilines is 1. The van der Waals surface area contributed by atoms with Gasteiger partial charge in [-0.15, -0.1) is 0 Å².